The van der Waals surface area contributed by atoms with Crippen LogP contribution in [0.15, 0.2) is 0 Å². The topological polar surface area (TPSA) is 22.9 Å². The van der Waals surface area contributed by atoms with E-state index >= 15 is 0 Å². The van der Waals surface area contributed by atoms with Crippen molar-refractivity contribution in [3.05, 3.63) is 7.05 Å². The fraction of sp³-hybridized carbons (Fsp3) is 0.857. The summed E-state index contributed by atoms with van der Waals surface area (Å²) < 4.78 is 10.4. The number of quaternary nitrogens is 1. The SMILES string of the molecule is [CH2-][NH+]1C[C@@H](OC)[C@H](OC)C1. The Bertz CT molecular complexity index is 95.8. The lowest BCUT2D eigenvalue weighted by atomic mass is 10.3. The Morgan fingerprint density at radius 1 is 1.20 bits per heavy atom. The molecule has 1 fully saturated rings. The van der Waals surface area contributed by atoms with E-state index in [9.17, 15) is 0 Å². The summed E-state index contributed by atoms with van der Waals surface area (Å²) in [5.41, 5.74) is 0. The van der Waals surface area contributed by atoms with E-state index in [4.69, 9.17) is 9.47 Å². The van der Waals surface area contributed by atoms with Crippen LogP contribution < -0.4 is 4.90 Å². The van der Waals surface area contributed by atoms with E-state index < -0.39 is 0 Å². The van der Waals surface area contributed by atoms with E-state index in [0.717, 1.165) is 13.1 Å². The standard InChI is InChI=1S/C7H15NO2/c1-8-4-6(9-2)7(5-8)10-3/h6-8H,1,4-5H2,2-3H3/t6-,7-/m1/s1. The molecule has 3 nitrogen and oxygen atoms in total. The molecule has 1 aliphatic rings. The van der Waals surface area contributed by atoms with Gasteiger partial charge in [0, 0.05) is 14.2 Å². The van der Waals surface area contributed by atoms with Crippen LogP contribution in [0.3, 0.4) is 0 Å². The maximum atomic E-state index is 5.20. The molecule has 0 bridgehead atoms. The minimum atomic E-state index is 0.234. The van der Waals surface area contributed by atoms with Crippen LogP contribution >= 0.6 is 0 Å². The van der Waals surface area contributed by atoms with Gasteiger partial charge in [0.05, 0.1) is 13.1 Å². The minimum Gasteiger partial charge on any atom is -0.463 e. The van der Waals surface area contributed by atoms with Crippen molar-refractivity contribution in [3.8, 4) is 0 Å². The molecule has 0 unspecified atom stereocenters. The maximum absolute atomic E-state index is 5.20. The molecule has 0 radical (unpaired) electrons. The zero-order valence-electron chi connectivity index (χ0n) is 6.59. The van der Waals surface area contributed by atoms with Gasteiger partial charge in [0.2, 0.25) is 0 Å². The molecule has 3 heteroatoms. The number of methoxy groups -OCH3 is 2. The quantitative estimate of drug-likeness (QED) is 0.488. The number of nitrogens with one attached hydrogen (secondary N) is 1. The van der Waals surface area contributed by atoms with Crippen LogP contribution in [0.25, 0.3) is 0 Å². The van der Waals surface area contributed by atoms with E-state index in [0.29, 0.717) is 0 Å². The summed E-state index contributed by atoms with van der Waals surface area (Å²) in [5, 5.41) is 0. The summed E-state index contributed by atoms with van der Waals surface area (Å²) in [4.78, 5) is 1.23. The molecule has 0 saturated carbocycles. The van der Waals surface area contributed by atoms with Crippen LogP contribution in [-0.4, -0.2) is 39.5 Å². The molecule has 1 aliphatic heterocycles. The van der Waals surface area contributed by atoms with E-state index in [1.165, 1.54) is 4.90 Å². The van der Waals surface area contributed by atoms with Gasteiger partial charge in [-0.2, -0.15) is 7.05 Å². The van der Waals surface area contributed by atoms with Gasteiger partial charge < -0.3 is 14.4 Å². The Morgan fingerprint density at radius 2 is 1.60 bits per heavy atom. The Balaban J connectivity index is 2.41. The first-order chi connectivity index (χ1) is 4.77. The average molecular weight is 145 g/mol. The van der Waals surface area contributed by atoms with Crippen molar-refractivity contribution in [2.24, 2.45) is 0 Å². The van der Waals surface area contributed by atoms with Crippen LogP contribution in [0.1, 0.15) is 0 Å². The molecule has 1 saturated heterocycles. The third-order valence-corrected chi connectivity index (χ3v) is 2.00. The Kier molecular flexibility index (Phi) is 2.65. The predicted molar refractivity (Wildman–Crippen MR) is 37.6 cm³/mol. The molecule has 1 heterocycles. The van der Waals surface area contributed by atoms with Crippen molar-refractivity contribution in [1.82, 2.24) is 0 Å². The zero-order chi connectivity index (χ0) is 7.56. The third kappa shape index (κ3) is 1.48. The number of ether oxygens (including phenoxy) is 2. The summed E-state index contributed by atoms with van der Waals surface area (Å²) >= 11 is 0. The highest BCUT2D eigenvalue weighted by Crippen LogP contribution is 2.02. The molecular weight excluding hydrogens is 130 g/mol. The second kappa shape index (κ2) is 3.32. The first-order valence-electron chi connectivity index (χ1n) is 3.50. The number of hydrogen-bond donors (Lipinski definition) is 1. The van der Waals surface area contributed by atoms with Crippen LogP contribution in [0.5, 0.6) is 0 Å². The van der Waals surface area contributed by atoms with Crippen molar-refractivity contribution >= 4 is 0 Å². The van der Waals surface area contributed by atoms with Gasteiger partial charge in [-0.15, -0.1) is 0 Å². The molecule has 0 aromatic rings. The predicted octanol–water partition coefficient (Wildman–Crippen LogP) is -1.29. The van der Waals surface area contributed by atoms with E-state index in [-0.39, 0.29) is 12.2 Å². The second-order valence-electron chi connectivity index (χ2n) is 2.71. The second-order valence-corrected chi connectivity index (χ2v) is 2.71. The molecule has 1 N–H and O–H groups in total. The molecule has 0 amide bonds. The average Bonchev–Trinajstić information content (AvgIpc) is 2.30. The van der Waals surface area contributed by atoms with Gasteiger partial charge in [0.25, 0.3) is 0 Å². The molecule has 2 atom stereocenters. The van der Waals surface area contributed by atoms with Gasteiger partial charge in [0.15, 0.2) is 0 Å². The van der Waals surface area contributed by atoms with Crippen LogP contribution in [0.2, 0.25) is 0 Å². The van der Waals surface area contributed by atoms with Crippen molar-refractivity contribution < 1.29 is 14.4 Å². The van der Waals surface area contributed by atoms with Crippen molar-refractivity contribution in [1.29, 1.82) is 0 Å². The number of likely N-dealkylation sites (tertiary alicyclic amines) is 1. The third-order valence-electron chi connectivity index (χ3n) is 2.00. The molecule has 1 rings (SSSR count). The van der Waals surface area contributed by atoms with E-state index in [1.54, 1.807) is 14.2 Å². The summed E-state index contributed by atoms with van der Waals surface area (Å²) in [5.74, 6) is 0. The van der Waals surface area contributed by atoms with Gasteiger partial charge >= 0.3 is 0 Å². The number of rotatable bonds is 2. The normalized spacial score (nSPS) is 35.1. The van der Waals surface area contributed by atoms with E-state index in [1.807, 2.05) is 0 Å². The van der Waals surface area contributed by atoms with Crippen molar-refractivity contribution in [2.75, 3.05) is 27.3 Å². The van der Waals surface area contributed by atoms with Crippen molar-refractivity contribution in [3.63, 3.8) is 0 Å². The van der Waals surface area contributed by atoms with Crippen LogP contribution in [0, 0.1) is 7.05 Å². The summed E-state index contributed by atoms with van der Waals surface area (Å²) in [6.45, 7) is 1.91. The highest BCUT2D eigenvalue weighted by Gasteiger charge is 2.31. The van der Waals surface area contributed by atoms with Gasteiger partial charge in [0.1, 0.15) is 12.2 Å². The van der Waals surface area contributed by atoms with Crippen molar-refractivity contribution in [2.45, 2.75) is 12.2 Å². The lowest BCUT2D eigenvalue weighted by Gasteiger charge is -2.11. The Hall–Kier alpha value is -0.120. The minimum absolute atomic E-state index is 0.234. The largest absolute Gasteiger partial charge is 0.463 e. The first-order valence-corrected chi connectivity index (χ1v) is 3.50. The van der Waals surface area contributed by atoms with Gasteiger partial charge in [-0.05, 0) is 0 Å². The molecular formula is C7H15NO2. The molecule has 0 aromatic heterocycles. The summed E-state index contributed by atoms with van der Waals surface area (Å²) in [7, 11) is 7.33. The molecule has 60 valence electrons. The zero-order valence-corrected chi connectivity index (χ0v) is 6.59. The highest BCUT2D eigenvalue weighted by molar-refractivity contribution is 4.73. The molecule has 0 spiro atoms. The highest BCUT2D eigenvalue weighted by atomic mass is 16.5. The monoisotopic (exact) mass is 145 g/mol. The fourth-order valence-electron chi connectivity index (χ4n) is 1.39. The first kappa shape index (κ1) is 7.98. The van der Waals surface area contributed by atoms with Gasteiger partial charge in [-0.1, -0.05) is 0 Å². The molecule has 10 heavy (non-hydrogen) atoms. The van der Waals surface area contributed by atoms with Crippen LogP contribution in [0.4, 0.5) is 0 Å². The Labute approximate surface area is 61.9 Å². The summed E-state index contributed by atoms with van der Waals surface area (Å²) in [6, 6.07) is 0. The Morgan fingerprint density at radius 3 is 1.90 bits per heavy atom. The molecule has 0 aliphatic carbocycles. The smallest absolute Gasteiger partial charge is 0.135 e. The van der Waals surface area contributed by atoms with E-state index in [2.05, 4.69) is 7.05 Å². The van der Waals surface area contributed by atoms with Crippen LogP contribution in [-0.2, 0) is 9.47 Å². The summed E-state index contributed by atoms with van der Waals surface area (Å²) in [6.07, 6.45) is 0.468. The maximum Gasteiger partial charge on any atom is 0.135 e. The van der Waals surface area contributed by atoms with Gasteiger partial charge in [-0.25, -0.2) is 0 Å². The lowest BCUT2D eigenvalue weighted by Crippen LogP contribution is -3.05. The molecule has 0 aromatic carbocycles. The number of hydrogen-bond acceptors (Lipinski definition) is 2. The fourth-order valence-corrected chi connectivity index (χ4v) is 1.39. The lowest BCUT2D eigenvalue weighted by molar-refractivity contribution is -0.842. The van der Waals surface area contributed by atoms with Gasteiger partial charge in [-0.3, -0.25) is 0 Å².